The number of nitrogens with one attached hydrogen (secondary N) is 1. The number of hydrogen-bond acceptors (Lipinski definition) is 4. The summed E-state index contributed by atoms with van der Waals surface area (Å²) in [5.41, 5.74) is 0. The van der Waals surface area contributed by atoms with Crippen molar-refractivity contribution in [2.45, 2.75) is 31.7 Å². The number of amides is 1. The molecule has 1 aromatic carbocycles. The van der Waals surface area contributed by atoms with E-state index in [4.69, 9.17) is 4.74 Å². The molecule has 4 nitrogen and oxygen atoms in total. The van der Waals surface area contributed by atoms with Crippen LogP contribution in [0.1, 0.15) is 35.4 Å². The minimum Gasteiger partial charge on any atom is -0.451 e. The molecular weight excluding hydrogens is 305 g/mol. The fourth-order valence-corrected chi connectivity index (χ4v) is 3.64. The number of halogens is 1. The van der Waals surface area contributed by atoms with Gasteiger partial charge in [-0.2, -0.15) is 0 Å². The number of fused-ring (bicyclic) bond motifs is 1. The average molecular weight is 321 g/mol. The topological polar surface area (TPSA) is 55.4 Å². The summed E-state index contributed by atoms with van der Waals surface area (Å²) in [6.07, 6.45) is 4.21. The Hall–Kier alpha value is -1.95. The number of benzene rings is 1. The molecule has 22 heavy (non-hydrogen) atoms. The van der Waals surface area contributed by atoms with E-state index in [0.717, 1.165) is 37.0 Å². The second kappa shape index (κ2) is 6.44. The summed E-state index contributed by atoms with van der Waals surface area (Å²) in [6.45, 7) is -0.300. The zero-order valence-corrected chi connectivity index (χ0v) is 12.7. The minimum atomic E-state index is -0.595. The Morgan fingerprint density at radius 2 is 2.09 bits per heavy atom. The maximum Gasteiger partial charge on any atom is 0.348 e. The Morgan fingerprint density at radius 3 is 2.82 bits per heavy atom. The highest BCUT2D eigenvalue weighted by molar-refractivity contribution is 7.20. The molecule has 1 aliphatic rings. The highest BCUT2D eigenvalue weighted by atomic mass is 32.1. The van der Waals surface area contributed by atoms with E-state index in [1.54, 1.807) is 12.1 Å². The van der Waals surface area contributed by atoms with Crippen LogP contribution in [0.3, 0.4) is 0 Å². The molecule has 1 heterocycles. The van der Waals surface area contributed by atoms with Gasteiger partial charge in [0, 0.05) is 16.1 Å². The zero-order valence-electron chi connectivity index (χ0n) is 11.9. The summed E-state index contributed by atoms with van der Waals surface area (Å²) in [7, 11) is 0. The maximum absolute atomic E-state index is 13.6. The summed E-state index contributed by atoms with van der Waals surface area (Å²) in [4.78, 5) is 24.0. The summed E-state index contributed by atoms with van der Waals surface area (Å²) >= 11 is 1.16. The normalized spacial score (nSPS) is 15.1. The van der Waals surface area contributed by atoms with Gasteiger partial charge in [-0.3, -0.25) is 4.79 Å². The monoisotopic (exact) mass is 321 g/mol. The number of thiophene rings is 1. The standard InChI is InChI=1S/C16H16FNO3S/c17-12-6-3-7-13-11(12)8-14(22-13)16(20)21-9-15(19)18-10-4-1-2-5-10/h3,6-8,10H,1-2,4-5,9H2,(H,18,19). The first-order valence-corrected chi connectivity index (χ1v) is 8.09. The molecule has 0 aliphatic heterocycles. The quantitative estimate of drug-likeness (QED) is 0.880. The number of ether oxygens (including phenoxy) is 1. The van der Waals surface area contributed by atoms with Gasteiger partial charge in [-0.15, -0.1) is 11.3 Å². The van der Waals surface area contributed by atoms with Gasteiger partial charge in [-0.1, -0.05) is 18.9 Å². The van der Waals surface area contributed by atoms with Crippen molar-refractivity contribution < 1.29 is 18.7 Å². The Kier molecular flexibility index (Phi) is 4.38. The van der Waals surface area contributed by atoms with E-state index in [9.17, 15) is 14.0 Å². The Morgan fingerprint density at radius 1 is 1.32 bits per heavy atom. The smallest absolute Gasteiger partial charge is 0.348 e. The first-order valence-electron chi connectivity index (χ1n) is 7.28. The lowest BCUT2D eigenvalue weighted by Gasteiger charge is -2.11. The molecule has 0 atom stereocenters. The number of esters is 1. The van der Waals surface area contributed by atoms with Crippen LogP contribution in [0.25, 0.3) is 10.1 Å². The largest absolute Gasteiger partial charge is 0.451 e. The van der Waals surface area contributed by atoms with Crippen molar-refractivity contribution in [1.82, 2.24) is 5.32 Å². The van der Waals surface area contributed by atoms with Crippen molar-refractivity contribution in [3.63, 3.8) is 0 Å². The number of hydrogen-bond donors (Lipinski definition) is 1. The van der Waals surface area contributed by atoms with Gasteiger partial charge in [-0.25, -0.2) is 9.18 Å². The van der Waals surface area contributed by atoms with Crippen molar-refractivity contribution >= 4 is 33.3 Å². The molecule has 1 fully saturated rings. The van der Waals surface area contributed by atoms with Crippen molar-refractivity contribution in [3.05, 3.63) is 35.0 Å². The number of rotatable bonds is 4. The van der Waals surface area contributed by atoms with Gasteiger partial charge in [0.15, 0.2) is 6.61 Å². The number of carbonyl (C=O) groups excluding carboxylic acids is 2. The van der Waals surface area contributed by atoms with Crippen molar-refractivity contribution in [2.24, 2.45) is 0 Å². The van der Waals surface area contributed by atoms with Crippen molar-refractivity contribution in [3.8, 4) is 0 Å². The lowest BCUT2D eigenvalue weighted by atomic mass is 10.2. The van der Waals surface area contributed by atoms with Crippen LogP contribution in [-0.4, -0.2) is 24.5 Å². The van der Waals surface area contributed by atoms with Gasteiger partial charge in [0.05, 0.1) is 0 Å². The van der Waals surface area contributed by atoms with Crippen molar-refractivity contribution in [1.29, 1.82) is 0 Å². The maximum atomic E-state index is 13.6. The van der Waals surface area contributed by atoms with E-state index < -0.39 is 5.97 Å². The molecule has 116 valence electrons. The van der Waals surface area contributed by atoms with Gasteiger partial charge in [0.2, 0.25) is 0 Å². The van der Waals surface area contributed by atoms with Crippen LogP contribution < -0.4 is 5.32 Å². The lowest BCUT2D eigenvalue weighted by molar-refractivity contribution is -0.124. The predicted molar refractivity (Wildman–Crippen MR) is 82.5 cm³/mol. The fourth-order valence-electron chi connectivity index (χ4n) is 2.67. The summed E-state index contributed by atoms with van der Waals surface area (Å²) in [5, 5.41) is 3.25. The van der Waals surface area contributed by atoms with Crippen LogP contribution in [-0.2, 0) is 9.53 Å². The number of carbonyl (C=O) groups is 2. The molecule has 0 saturated heterocycles. The van der Waals surface area contributed by atoms with Crippen molar-refractivity contribution in [2.75, 3.05) is 6.61 Å². The molecule has 0 bridgehead atoms. The molecule has 1 N–H and O–H groups in total. The van der Waals surface area contributed by atoms with Gasteiger partial charge < -0.3 is 10.1 Å². The first kappa shape index (κ1) is 15.0. The predicted octanol–water partition coefficient (Wildman–Crippen LogP) is 3.26. The third kappa shape index (κ3) is 3.27. The van der Waals surface area contributed by atoms with E-state index in [-0.39, 0.29) is 24.4 Å². The SMILES string of the molecule is O=C(COC(=O)c1cc2c(F)cccc2s1)NC1CCCC1. The van der Waals surface area contributed by atoms with Gasteiger partial charge in [0.1, 0.15) is 10.7 Å². The van der Waals surface area contributed by atoms with E-state index in [0.29, 0.717) is 15.0 Å². The first-order chi connectivity index (χ1) is 10.6. The molecule has 2 aromatic rings. The Labute approximate surface area is 131 Å². The van der Waals surface area contributed by atoms with Crippen LogP contribution in [0.4, 0.5) is 4.39 Å². The zero-order chi connectivity index (χ0) is 15.5. The molecule has 0 unspecified atom stereocenters. The molecular formula is C16H16FNO3S. The molecule has 1 saturated carbocycles. The Bertz CT molecular complexity index is 706. The molecule has 0 spiro atoms. The van der Waals surface area contributed by atoms with Crippen LogP contribution in [0.15, 0.2) is 24.3 Å². The summed E-state index contributed by atoms with van der Waals surface area (Å²) in [5.74, 6) is -1.25. The van der Waals surface area contributed by atoms with Gasteiger partial charge in [-0.05, 0) is 31.0 Å². The van der Waals surface area contributed by atoms with Gasteiger partial charge in [0.25, 0.3) is 5.91 Å². The fraction of sp³-hybridized carbons (Fsp3) is 0.375. The average Bonchev–Trinajstić information content (AvgIpc) is 3.14. The van der Waals surface area contributed by atoms with E-state index >= 15 is 0 Å². The third-order valence-electron chi connectivity index (χ3n) is 3.76. The van der Waals surface area contributed by atoms with Gasteiger partial charge >= 0.3 is 5.97 Å². The van der Waals surface area contributed by atoms with Crippen LogP contribution >= 0.6 is 11.3 Å². The third-order valence-corrected chi connectivity index (χ3v) is 4.84. The molecule has 6 heteroatoms. The van der Waals surface area contributed by atoms with Crippen LogP contribution in [0.2, 0.25) is 0 Å². The summed E-state index contributed by atoms with van der Waals surface area (Å²) in [6, 6.07) is 6.35. The van der Waals surface area contributed by atoms with E-state index in [2.05, 4.69) is 5.32 Å². The molecule has 1 aliphatic carbocycles. The van der Waals surface area contributed by atoms with Crippen LogP contribution in [0, 0.1) is 5.82 Å². The molecule has 3 rings (SSSR count). The highest BCUT2D eigenvalue weighted by Gasteiger charge is 2.19. The molecule has 1 aromatic heterocycles. The van der Waals surface area contributed by atoms with Crippen LogP contribution in [0.5, 0.6) is 0 Å². The lowest BCUT2D eigenvalue weighted by Crippen LogP contribution is -2.35. The van der Waals surface area contributed by atoms with E-state index in [1.807, 2.05) is 0 Å². The molecule has 1 amide bonds. The highest BCUT2D eigenvalue weighted by Crippen LogP contribution is 2.28. The second-order valence-corrected chi connectivity index (χ2v) is 6.47. The minimum absolute atomic E-state index is 0.199. The van der Waals surface area contributed by atoms with E-state index in [1.165, 1.54) is 12.1 Å². The summed E-state index contributed by atoms with van der Waals surface area (Å²) < 4.78 is 19.3. The Balaban J connectivity index is 1.58. The molecule has 0 radical (unpaired) electrons. The second-order valence-electron chi connectivity index (χ2n) is 5.39.